The van der Waals surface area contributed by atoms with Gasteiger partial charge in [0.1, 0.15) is 0 Å². The molecule has 3 heteroatoms. The summed E-state index contributed by atoms with van der Waals surface area (Å²) in [5.74, 6) is 0.306. The van der Waals surface area contributed by atoms with E-state index in [9.17, 15) is 0 Å². The van der Waals surface area contributed by atoms with E-state index in [1.54, 1.807) is 0 Å². The van der Waals surface area contributed by atoms with Gasteiger partial charge in [0.25, 0.3) is 0 Å². The molecular formula is C6H11ClN2. The van der Waals surface area contributed by atoms with Crippen LogP contribution < -0.4 is 0 Å². The molecule has 0 bridgehead atoms. The van der Waals surface area contributed by atoms with E-state index in [4.69, 9.17) is 5.26 Å². The molecule has 0 aromatic carbocycles. The van der Waals surface area contributed by atoms with Crippen LogP contribution in [0.5, 0.6) is 0 Å². The van der Waals surface area contributed by atoms with Gasteiger partial charge in [-0.25, -0.2) is 0 Å². The van der Waals surface area contributed by atoms with E-state index in [1.807, 2.05) is 0 Å². The largest absolute Gasteiger partial charge is 0.305 e. The van der Waals surface area contributed by atoms with Crippen LogP contribution in [0.2, 0.25) is 0 Å². The molecule has 1 heterocycles. The van der Waals surface area contributed by atoms with E-state index in [0.717, 1.165) is 19.5 Å². The van der Waals surface area contributed by atoms with Crippen molar-refractivity contribution in [2.45, 2.75) is 6.42 Å². The van der Waals surface area contributed by atoms with Gasteiger partial charge in [0.2, 0.25) is 0 Å². The predicted molar refractivity (Wildman–Crippen MR) is 38.5 cm³/mol. The first-order valence-corrected chi connectivity index (χ1v) is 2.91. The van der Waals surface area contributed by atoms with Crippen molar-refractivity contribution in [1.82, 2.24) is 4.90 Å². The maximum absolute atomic E-state index is 8.41. The van der Waals surface area contributed by atoms with Gasteiger partial charge in [-0.1, -0.05) is 0 Å². The quantitative estimate of drug-likeness (QED) is 0.508. The molecule has 0 spiro atoms. The van der Waals surface area contributed by atoms with E-state index in [1.165, 1.54) is 0 Å². The van der Waals surface area contributed by atoms with Crippen molar-refractivity contribution in [3.63, 3.8) is 0 Å². The van der Waals surface area contributed by atoms with E-state index in [0.29, 0.717) is 5.92 Å². The van der Waals surface area contributed by atoms with Gasteiger partial charge >= 0.3 is 0 Å². The van der Waals surface area contributed by atoms with E-state index >= 15 is 0 Å². The van der Waals surface area contributed by atoms with Crippen LogP contribution in [0.4, 0.5) is 0 Å². The Kier molecular flexibility index (Phi) is 3.60. The standard InChI is InChI=1S/C6H10N2.ClH/c1-8-3-2-6(4-7)5-8;/h6H,2-3,5H2,1H3;1H. The minimum Gasteiger partial charge on any atom is -0.305 e. The molecule has 1 unspecified atom stereocenters. The third-order valence-corrected chi connectivity index (χ3v) is 1.57. The lowest BCUT2D eigenvalue weighted by Crippen LogP contribution is -2.13. The van der Waals surface area contributed by atoms with E-state index in [2.05, 4.69) is 18.0 Å². The Morgan fingerprint density at radius 3 is 2.56 bits per heavy atom. The van der Waals surface area contributed by atoms with Crippen LogP contribution in [0.1, 0.15) is 6.42 Å². The Hall–Kier alpha value is -0.260. The van der Waals surface area contributed by atoms with Crippen molar-refractivity contribution < 1.29 is 0 Å². The SMILES string of the molecule is CN1CCC(C#N)C1.Cl. The predicted octanol–water partition coefficient (Wildman–Crippen LogP) is 0.883. The topological polar surface area (TPSA) is 27.0 Å². The highest BCUT2D eigenvalue weighted by atomic mass is 35.5. The van der Waals surface area contributed by atoms with Gasteiger partial charge in [-0.2, -0.15) is 5.26 Å². The Labute approximate surface area is 61.9 Å². The molecule has 0 radical (unpaired) electrons. The molecule has 2 nitrogen and oxygen atoms in total. The van der Waals surface area contributed by atoms with Crippen molar-refractivity contribution >= 4 is 12.4 Å². The van der Waals surface area contributed by atoms with Crippen molar-refractivity contribution in [1.29, 1.82) is 5.26 Å². The maximum Gasteiger partial charge on any atom is 0.0669 e. The molecule has 0 amide bonds. The first-order chi connectivity index (χ1) is 3.83. The molecule has 0 aromatic heterocycles. The number of likely N-dealkylation sites (tertiary alicyclic amines) is 1. The van der Waals surface area contributed by atoms with Crippen LogP contribution in [-0.2, 0) is 0 Å². The van der Waals surface area contributed by atoms with Gasteiger partial charge in [-0.3, -0.25) is 0 Å². The van der Waals surface area contributed by atoms with Crippen LogP contribution in [0.3, 0.4) is 0 Å². The minimum absolute atomic E-state index is 0. The number of nitrogens with zero attached hydrogens (tertiary/aromatic N) is 2. The molecule has 1 aliphatic rings. The smallest absolute Gasteiger partial charge is 0.0669 e. The highest BCUT2D eigenvalue weighted by Gasteiger charge is 2.17. The Bertz CT molecular complexity index is 119. The molecule has 9 heavy (non-hydrogen) atoms. The molecule has 1 rings (SSSR count). The summed E-state index contributed by atoms with van der Waals surface area (Å²) in [5, 5.41) is 8.41. The summed E-state index contributed by atoms with van der Waals surface area (Å²) >= 11 is 0. The van der Waals surface area contributed by atoms with E-state index in [-0.39, 0.29) is 12.4 Å². The van der Waals surface area contributed by atoms with Crippen molar-refractivity contribution in [2.24, 2.45) is 5.92 Å². The van der Waals surface area contributed by atoms with Crippen LogP contribution >= 0.6 is 12.4 Å². The molecule has 1 saturated heterocycles. The molecule has 0 N–H and O–H groups in total. The van der Waals surface area contributed by atoms with Gasteiger partial charge in [-0.15, -0.1) is 12.4 Å². The molecule has 1 fully saturated rings. The van der Waals surface area contributed by atoms with Crippen LogP contribution in [0.25, 0.3) is 0 Å². The molecule has 0 saturated carbocycles. The highest BCUT2D eigenvalue weighted by molar-refractivity contribution is 5.85. The van der Waals surface area contributed by atoms with Gasteiger partial charge < -0.3 is 4.90 Å². The monoisotopic (exact) mass is 146 g/mol. The summed E-state index contributed by atoms with van der Waals surface area (Å²) in [4.78, 5) is 2.19. The Morgan fingerprint density at radius 1 is 1.67 bits per heavy atom. The number of hydrogen-bond acceptors (Lipinski definition) is 2. The number of hydrogen-bond donors (Lipinski definition) is 0. The zero-order valence-corrected chi connectivity index (χ0v) is 6.32. The average molecular weight is 147 g/mol. The molecule has 1 atom stereocenters. The number of rotatable bonds is 0. The summed E-state index contributed by atoms with van der Waals surface area (Å²) < 4.78 is 0. The van der Waals surface area contributed by atoms with Gasteiger partial charge in [0.15, 0.2) is 0 Å². The van der Waals surface area contributed by atoms with Crippen molar-refractivity contribution in [3.8, 4) is 6.07 Å². The first kappa shape index (κ1) is 8.74. The fourth-order valence-electron chi connectivity index (χ4n) is 1.04. The number of nitriles is 1. The first-order valence-electron chi connectivity index (χ1n) is 2.91. The van der Waals surface area contributed by atoms with Gasteiger partial charge in [0.05, 0.1) is 12.0 Å². The Morgan fingerprint density at radius 2 is 2.33 bits per heavy atom. The second kappa shape index (κ2) is 3.71. The lowest BCUT2D eigenvalue weighted by molar-refractivity contribution is 0.409. The zero-order chi connectivity index (χ0) is 5.98. The van der Waals surface area contributed by atoms with Crippen molar-refractivity contribution in [2.75, 3.05) is 20.1 Å². The molecular weight excluding hydrogens is 136 g/mol. The lowest BCUT2D eigenvalue weighted by atomic mass is 10.1. The summed E-state index contributed by atoms with van der Waals surface area (Å²) in [5.41, 5.74) is 0. The van der Waals surface area contributed by atoms with Crippen LogP contribution in [0, 0.1) is 17.2 Å². The second-order valence-electron chi connectivity index (χ2n) is 2.38. The van der Waals surface area contributed by atoms with Gasteiger partial charge in [0, 0.05) is 6.54 Å². The van der Waals surface area contributed by atoms with Crippen LogP contribution in [0.15, 0.2) is 0 Å². The fraction of sp³-hybridized carbons (Fsp3) is 0.833. The molecule has 0 aliphatic carbocycles. The maximum atomic E-state index is 8.41. The van der Waals surface area contributed by atoms with Crippen molar-refractivity contribution in [3.05, 3.63) is 0 Å². The van der Waals surface area contributed by atoms with Crippen LogP contribution in [-0.4, -0.2) is 25.0 Å². The summed E-state index contributed by atoms with van der Waals surface area (Å²) in [7, 11) is 2.05. The zero-order valence-electron chi connectivity index (χ0n) is 5.50. The third-order valence-electron chi connectivity index (χ3n) is 1.57. The fourth-order valence-corrected chi connectivity index (χ4v) is 1.04. The van der Waals surface area contributed by atoms with E-state index < -0.39 is 0 Å². The summed E-state index contributed by atoms with van der Waals surface area (Å²) in [6.07, 6.45) is 1.06. The average Bonchev–Trinajstić information content (AvgIpc) is 2.14. The number of halogens is 1. The minimum atomic E-state index is 0. The summed E-state index contributed by atoms with van der Waals surface area (Å²) in [6, 6.07) is 2.25. The molecule has 0 aromatic rings. The third kappa shape index (κ3) is 2.21. The Balaban J connectivity index is 0.000000640. The second-order valence-corrected chi connectivity index (χ2v) is 2.38. The van der Waals surface area contributed by atoms with Gasteiger partial charge in [-0.05, 0) is 20.0 Å². The summed E-state index contributed by atoms with van der Waals surface area (Å²) in [6.45, 7) is 2.06. The highest BCUT2D eigenvalue weighted by Crippen LogP contribution is 2.11. The molecule has 52 valence electrons. The lowest BCUT2D eigenvalue weighted by Gasteiger charge is -2.02. The normalized spacial score (nSPS) is 26.9. The molecule has 1 aliphatic heterocycles.